The van der Waals surface area contributed by atoms with Crippen LogP contribution in [0.2, 0.25) is 0 Å². The first-order chi connectivity index (χ1) is 11.6. The number of hydrogen-bond acceptors (Lipinski definition) is 3. The molecule has 2 aromatic carbocycles. The number of halogens is 1. The Hall–Kier alpha value is -1.76. The molecule has 0 N–H and O–H groups in total. The SMILES string of the molecule is COc1ccccc1N1CCN(C(=O)c2ccc(C)cc2I)CC1. The maximum Gasteiger partial charge on any atom is 0.255 e. The quantitative estimate of drug-likeness (QED) is 0.690. The Balaban J connectivity index is 1.69. The van der Waals surface area contributed by atoms with Gasteiger partial charge in [0.05, 0.1) is 18.4 Å². The molecule has 1 saturated heterocycles. The van der Waals surface area contributed by atoms with E-state index in [0.29, 0.717) is 0 Å². The first-order valence-corrected chi connectivity index (χ1v) is 9.11. The van der Waals surface area contributed by atoms with Crippen LogP contribution in [0.5, 0.6) is 5.75 Å². The molecule has 0 atom stereocenters. The number of rotatable bonds is 3. The molecule has 0 aromatic heterocycles. The van der Waals surface area contributed by atoms with Gasteiger partial charge < -0.3 is 14.5 Å². The van der Waals surface area contributed by atoms with Gasteiger partial charge >= 0.3 is 0 Å². The molecule has 1 heterocycles. The predicted molar refractivity (Wildman–Crippen MR) is 105 cm³/mol. The highest BCUT2D eigenvalue weighted by atomic mass is 127. The molecule has 24 heavy (non-hydrogen) atoms. The first kappa shape index (κ1) is 17.1. The summed E-state index contributed by atoms with van der Waals surface area (Å²) in [5.74, 6) is 1.00. The summed E-state index contributed by atoms with van der Waals surface area (Å²) >= 11 is 2.25. The van der Waals surface area contributed by atoms with E-state index in [4.69, 9.17) is 4.74 Å². The minimum Gasteiger partial charge on any atom is -0.495 e. The number of nitrogens with zero attached hydrogens (tertiary/aromatic N) is 2. The van der Waals surface area contributed by atoms with Gasteiger partial charge in [0.1, 0.15) is 5.75 Å². The van der Waals surface area contributed by atoms with Gasteiger partial charge in [0.15, 0.2) is 0 Å². The Morgan fingerprint density at radius 2 is 1.79 bits per heavy atom. The van der Waals surface area contributed by atoms with E-state index < -0.39 is 0 Å². The van der Waals surface area contributed by atoms with E-state index in [1.807, 2.05) is 42.2 Å². The fourth-order valence-electron chi connectivity index (χ4n) is 3.01. The van der Waals surface area contributed by atoms with Gasteiger partial charge in [0.2, 0.25) is 0 Å². The Labute approximate surface area is 156 Å². The van der Waals surface area contributed by atoms with E-state index in [-0.39, 0.29) is 5.91 Å². The number of para-hydroxylation sites is 2. The van der Waals surface area contributed by atoms with E-state index in [1.54, 1.807) is 7.11 Å². The molecule has 2 aromatic rings. The minimum atomic E-state index is 0.124. The number of methoxy groups -OCH3 is 1. The predicted octanol–water partition coefficient (Wildman–Crippen LogP) is 3.57. The molecule has 0 unspecified atom stereocenters. The van der Waals surface area contributed by atoms with Gasteiger partial charge in [-0.2, -0.15) is 0 Å². The average molecular weight is 436 g/mol. The zero-order valence-corrected chi connectivity index (χ0v) is 16.1. The van der Waals surface area contributed by atoms with Crippen molar-refractivity contribution in [2.75, 3.05) is 38.2 Å². The van der Waals surface area contributed by atoms with Gasteiger partial charge in [-0.1, -0.05) is 23.8 Å². The lowest BCUT2D eigenvalue weighted by atomic mass is 10.1. The van der Waals surface area contributed by atoms with Crippen LogP contribution >= 0.6 is 22.6 Å². The second kappa shape index (κ2) is 7.42. The molecule has 3 rings (SSSR count). The maximum atomic E-state index is 12.8. The van der Waals surface area contributed by atoms with Crippen molar-refractivity contribution in [2.24, 2.45) is 0 Å². The maximum absolute atomic E-state index is 12.8. The number of amides is 1. The zero-order valence-electron chi connectivity index (χ0n) is 14.0. The van der Waals surface area contributed by atoms with Crippen molar-refractivity contribution in [3.05, 3.63) is 57.2 Å². The van der Waals surface area contributed by atoms with Gasteiger partial charge in [-0.25, -0.2) is 0 Å². The summed E-state index contributed by atoms with van der Waals surface area (Å²) in [6.07, 6.45) is 0. The number of aryl methyl sites for hydroxylation is 1. The van der Waals surface area contributed by atoms with Crippen molar-refractivity contribution in [1.29, 1.82) is 0 Å². The van der Waals surface area contributed by atoms with Crippen molar-refractivity contribution in [3.8, 4) is 5.75 Å². The van der Waals surface area contributed by atoms with Gasteiger partial charge in [-0.15, -0.1) is 0 Å². The highest BCUT2D eigenvalue weighted by molar-refractivity contribution is 14.1. The molecule has 0 saturated carbocycles. The Bertz CT molecular complexity index is 740. The molecule has 1 aliphatic heterocycles. The number of carbonyl (C=O) groups is 1. The van der Waals surface area contributed by atoms with E-state index >= 15 is 0 Å². The number of ether oxygens (including phenoxy) is 1. The van der Waals surface area contributed by atoms with Crippen molar-refractivity contribution < 1.29 is 9.53 Å². The highest BCUT2D eigenvalue weighted by Crippen LogP contribution is 2.28. The van der Waals surface area contributed by atoms with Crippen LogP contribution < -0.4 is 9.64 Å². The first-order valence-electron chi connectivity index (χ1n) is 8.03. The second-order valence-corrected chi connectivity index (χ2v) is 7.10. The van der Waals surface area contributed by atoms with E-state index in [2.05, 4.69) is 39.6 Å². The Morgan fingerprint density at radius 1 is 1.08 bits per heavy atom. The van der Waals surface area contributed by atoms with Crippen LogP contribution in [0.1, 0.15) is 15.9 Å². The lowest BCUT2D eigenvalue weighted by Gasteiger charge is -2.36. The third-order valence-corrected chi connectivity index (χ3v) is 5.24. The molecule has 1 fully saturated rings. The lowest BCUT2D eigenvalue weighted by Crippen LogP contribution is -2.49. The van der Waals surface area contributed by atoms with E-state index in [9.17, 15) is 4.79 Å². The van der Waals surface area contributed by atoms with Crippen LogP contribution in [0.3, 0.4) is 0 Å². The topological polar surface area (TPSA) is 32.8 Å². The minimum absolute atomic E-state index is 0.124. The molecule has 5 heteroatoms. The van der Waals surface area contributed by atoms with Crippen molar-refractivity contribution in [1.82, 2.24) is 4.90 Å². The summed E-state index contributed by atoms with van der Waals surface area (Å²) in [7, 11) is 1.69. The fraction of sp³-hybridized carbons (Fsp3) is 0.316. The summed E-state index contributed by atoms with van der Waals surface area (Å²) in [6, 6.07) is 14.0. The average Bonchev–Trinajstić information content (AvgIpc) is 2.61. The Morgan fingerprint density at radius 3 is 2.46 bits per heavy atom. The van der Waals surface area contributed by atoms with Gasteiger partial charge in [-0.3, -0.25) is 4.79 Å². The van der Waals surface area contributed by atoms with Crippen molar-refractivity contribution in [2.45, 2.75) is 6.92 Å². The van der Waals surface area contributed by atoms with Gasteiger partial charge in [0.25, 0.3) is 5.91 Å². The molecule has 126 valence electrons. The fourth-order valence-corrected chi connectivity index (χ4v) is 3.91. The standard InChI is InChI=1S/C19H21IN2O2/c1-14-7-8-15(16(20)13-14)19(23)22-11-9-21(10-12-22)17-5-3-4-6-18(17)24-2/h3-8,13H,9-12H2,1-2H3. The number of benzene rings is 2. The van der Waals surface area contributed by atoms with Crippen molar-refractivity contribution >= 4 is 34.2 Å². The van der Waals surface area contributed by atoms with Crippen LogP contribution in [-0.4, -0.2) is 44.1 Å². The third-order valence-electron chi connectivity index (χ3n) is 4.35. The van der Waals surface area contributed by atoms with Crippen molar-refractivity contribution in [3.63, 3.8) is 0 Å². The van der Waals surface area contributed by atoms with Crippen LogP contribution in [0.25, 0.3) is 0 Å². The lowest BCUT2D eigenvalue weighted by molar-refractivity contribution is 0.0745. The summed E-state index contributed by atoms with van der Waals surface area (Å²) in [4.78, 5) is 17.0. The monoisotopic (exact) mass is 436 g/mol. The number of hydrogen-bond donors (Lipinski definition) is 0. The van der Waals surface area contributed by atoms with Crippen LogP contribution in [0, 0.1) is 10.5 Å². The third kappa shape index (κ3) is 3.50. The highest BCUT2D eigenvalue weighted by Gasteiger charge is 2.24. The van der Waals surface area contributed by atoms with Crippen LogP contribution in [-0.2, 0) is 0 Å². The van der Waals surface area contributed by atoms with E-state index in [1.165, 1.54) is 5.56 Å². The van der Waals surface area contributed by atoms with Crippen LogP contribution in [0.15, 0.2) is 42.5 Å². The normalized spacial score (nSPS) is 14.6. The molecule has 0 bridgehead atoms. The molecule has 4 nitrogen and oxygen atoms in total. The zero-order chi connectivity index (χ0) is 17.1. The molecule has 0 spiro atoms. The number of carbonyl (C=O) groups excluding carboxylic acids is 1. The molecule has 0 radical (unpaired) electrons. The summed E-state index contributed by atoms with van der Waals surface area (Å²) < 4.78 is 6.46. The largest absolute Gasteiger partial charge is 0.495 e. The summed E-state index contributed by atoms with van der Waals surface area (Å²) in [5, 5.41) is 0. The second-order valence-electron chi connectivity index (χ2n) is 5.93. The van der Waals surface area contributed by atoms with Crippen LogP contribution in [0.4, 0.5) is 5.69 Å². The van der Waals surface area contributed by atoms with Gasteiger partial charge in [0, 0.05) is 29.7 Å². The number of anilines is 1. The molecular formula is C19H21IN2O2. The molecular weight excluding hydrogens is 415 g/mol. The van der Waals surface area contributed by atoms with E-state index in [0.717, 1.165) is 46.7 Å². The van der Waals surface area contributed by atoms with Gasteiger partial charge in [-0.05, 0) is 53.8 Å². The summed E-state index contributed by atoms with van der Waals surface area (Å²) in [5.41, 5.74) is 3.07. The molecule has 1 amide bonds. The molecule has 1 aliphatic rings. The summed E-state index contributed by atoms with van der Waals surface area (Å²) in [6.45, 7) is 5.12. The number of piperazine rings is 1. The molecule has 0 aliphatic carbocycles. The Kier molecular flexibility index (Phi) is 5.28. The smallest absolute Gasteiger partial charge is 0.255 e.